The minimum atomic E-state index is -0.300. The van der Waals surface area contributed by atoms with Gasteiger partial charge in [-0.25, -0.2) is 9.79 Å². The first-order valence-corrected chi connectivity index (χ1v) is 15.0. The fourth-order valence-electron chi connectivity index (χ4n) is 6.37. The molecule has 2 aliphatic rings. The molecule has 226 valence electrons. The quantitative estimate of drug-likeness (QED) is 0.265. The molecule has 0 fully saturated rings. The van der Waals surface area contributed by atoms with E-state index in [0.717, 1.165) is 39.2 Å². The third kappa shape index (κ3) is 5.02. The molecule has 0 N–H and O–H groups in total. The zero-order chi connectivity index (χ0) is 31.1. The predicted molar refractivity (Wildman–Crippen MR) is 168 cm³/mol. The molecule has 0 aliphatic carbocycles. The summed E-state index contributed by atoms with van der Waals surface area (Å²) in [4.78, 5) is 46.4. The van der Waals surface area contributed by atoms with E-state index in [1.54, 1.807) is 40.5 Å². The lowest BCUT2D eigenvalue weighted by molar-refractivity contribution is 0.0650. The van der Waals surface area contributed by atoms with Crippen molar-refractivity contribution < 1.29 is 19.1 Å². The van der Waals surface area contributed by atoms with E-state index in [1.165, 1.54) is 4.90 Å². The van der Waals surface area contributed by atoms with E-state index in [1.807, 2.05) is 39.0 Å². The van der Waals surface area contributed by atoms with Crippen LogP contribution in [-0.2, 0) is 19.5 Å². The highest BCUT2D eigenvalue weighted by Crippen LogP contribution is 2.38. The van der Waals surface area contributed by atoms with Crippen LogP contribution in [0.1, 0.15) is 56.3 Å². The summed E-state index contributed by atoms with van der Waals surface area (Å²) in [7, 11) is 1.61. The minimum Gasteiger partial charge on any atom is -0.493 e. The van der Waals surface area contributed by atoms with Crippen LogP contribution in [0.25, 0.3) is 11.3 Å². The number of carbonyl (C=O) groups excluding carboxylic acids is 2. The Labute approximate surface area is 256 Å². The minimum absolute atomic E-state index is 0.190. The maximum Gasteiger partial charge on any atom is 0.330 e. The van der Waals surface area contributed by atoms with E-state index in [2.05, 4.69) is 19.1 Å². The van der Waals surface area contributed by atoms with Gasteiger partial charge in [0.1, 0.15) is 5.49 Å². The molecule has 2 aliphatic heterocycles. The molecule has 9 nitrogen and oxygen atoms in total. The number of ether oxygens (including phenoxy) is 2. The number of fused-ring (bicyclic) bond motifs is 4. The van der Waals surface area contributed by atoms with Crippen LogP contribution in [0.4, 0.5) is 5.69 Å². The first-order chi connectivity index (χ1) is 21.2. The molecule has 6 rings (SSSR count). The van der Waals surface area contributed by atoms with Crippen LogP contribution in [0.15, 0.2) is 64.4 Å². The van der Waals surface area contributed by atoms with Crippen molar-refractivity contribution in [2.24, 2.45) is 4.99 Å². The fourth-order valence-corrected chi connectivity index (χ4v) is 6.37. The molecule has 0 atom stereocenters. The summed E-state index contributed by atoms with van der Waals surface area (Å²) < 4.78 is 14.9. The van der Waals surface area contributed by atoms with Crippen molar-refractivity contribution in [3.05, 3.63) is 104 Å². The summed E-state index contributed by atoms with van der Waals surface area (Å²) in [6.07, 6.45) is 1.06. The Bertz CT molecular complexity index is 1890. The summed E-state index contributed by atoms with van der Waals surface area (Å²) >= 11 is 0. The zero-order valence-corrected chi connectivity index (χ0v) is 25.8. The summed E-state index contributed by atoms with van der Waals surface area (Å²) in [5.74, 6) is 0.684. The first-order valence-electron chi connectivity index (χ1n) is 15.0. The summed E-state index contributed by atoms with van der Waals surface area (Å²) in [6, 6.07) is 16.9. The molecule has 44 heavy (non-hydrogen) atoms. The molecule has 1 aromatic heterocycles. The summed E-state index contributed by atoms with van der Waals surface area (Å²) in [6.45, 7) is 9.53. The molecule has 0 saturated heterocycles. The maximum atomic E-state index is 14.2. The molecule has 2 amide bonds. The SMILES string of the molecule is CCOc1cc2c(cc1OC)-c1c/c(=N\c3c(C)cc(C)cc3C)n(CCCN3C(=O)c4ccccc4C3=O)c(=O)n1CC2. The van der Waals surface area contributed by atoms with Crippen molar-refractivity contribution in [1.82, 2.24) is 14.0 Å². The number of benzene rings is 3. The van der Waals surface area contributed by atoms with Gasteiger partial charge in [-0.1, -0.05) is 29.8 Å². The van der Waals surface area contributed by atoms with Crippen LogP contribution >= 0.6 is 0 Å². The number of aryl methyl sites for hydroxylation is 4. The van der Waals surface area contributed by atoms with Crippen molar-refractivity contribution in [2.75, 3.05) is 20.3 Å². The summed E-state index contributed by atoms with van der Waals surface area (Å²) in [5, 5.41) is 0. The lowest BCUT2D eigenvalue weighted by Gasteiger charge is -2.25. The largest absolute Gasteiger partial charge is 0.493 e. The van der Waals surface area contributed by atoms with Gasteiger partial charge in [0.2, 0.25) is 0 Å². The molecular weight excluding hydrogens is 556 g/mol. The number of aromatic nitrogens is 2. The first kappa shape index (κ1) is 29.2. The van der Waals surface area contributed by atoms with E-state index in [4.69, 9.17) is 14.5 Å². The number of nitrogens with zero attached hydrogens (tertiary/aromatic N) is 4. The monoisotopic (exact) mass is 592 g/mol. The number of carbonyl (C=O) groups is 2. The van der Waals surface area contributed by atoms with Crippen molar-refractivity contribution in [2.45, 2.75) is 53.6 Å². The van der Waals surface area contributed by atoms with Gasteiger partial charge in [-0.3, -0.25) is 23.6 Å². The molecule has 4 aromatic rings. The van der Waals surface area contributed by atoms with E-state index in [0.29, 0.717) is 54.1 Å². The van der Waals surface area contributed by atoms with E-state index in [9.17, 15) is 14.4 Å². The van der Waals surface area contributed by atoms with Crippen molar-refractivity contribution >= 4 is 17.5 Å². The lowest BCUT2D eigenvalue weighted by atomic mass is 9.97. The smallest absolute Gasteiger partial charge is 0.330 e. The second kappa shape index (κ2) is 11.6. The molecule has 0 bridgehead atoms. The number of methoxy groups -OCH3 is 1. The van der Waals surface area contributed by atoms with Crippen LogP contribution in [0.3, 0.4) is 0 Å². The van der Waals surface area contributed by atoms with E-state index >= 15 is 0 Å². The van der Waals surface area contributed by atoms with Gasteiger partial charge in [0.15, 0.2) is 11.5 Å². The van der Waals surface area contributed by atoms with Gasteiger partial charge in [-0.05, 0) is 81.5 Å². The predicted octanol–water partition coefficient (Wildman–Crippen LogP) is 5.12. The Morgan fingerprint density at radius 2 is 1.52 bits per heavy atom. The normalized spacial score (nSPS) is 14.0. The van der Waals surface area contributed by atoms with E-state index in [-0.39, 0.29) is 30.6 Å². The number of imide groups is 1. The fraction of sp³-hybridized carbons (Fsp3) is 0.314. The second-order valence-electron chi connectivity index (χ2n) is 11.3. The highest BCUT2D eigenvalue weighted by Gasteiger charge is 2.34. The van der Waals surface area contributed by atoms with Crippen LogP contribution in [-0.4, -0.2) is 46.1 Å². The van der Waals surface area contributed by atoms with Gasteiger partial charge in [0, 0.05) is 31.3 Å². The lowest BCUT2D eigenvalue weighted by Crippen LogP contribution is -2.43. The Kier molecular flexibility index (Phi) is 7.71. The number of hydrogen-bond donors (Lipinski definition) is 0. The Morgan fingerprint density at radius 1 is 0.841 bits per heavy atom. The van der Waals surface area contributed by atoms with Gasteiger partial charge in [-0.2, -0.15) is 0 Å². The number of amides is 2. The maximum absolute atomic E-state index is 14.2. The molecule has 0 spiro atoms. The third-order valence-electron chi connectivity index (χ3n) is 8.37. The van der Waals surface area contributed by atoms with Crippen molar-refractivity contribution in [3.8, 4) is 22.8 Å². The van der Waals surface area contributed by atoms with E-state index < -0.39 is 0 Å². The van der Waals surface area contributed by atoms with Crippen LogP contribution in [0.2, 0.25) is 0 Å². The molecule has 0 radical (unpaired) electrons. The number of rotatable bonds is 8. The molecule has 3 aromatic carbocycles. The average molecular weight is 593 g/mol. The Balaban J connectivity index is 1.44. The highest BCUT2D eigenvalue weighted by atomic mass is 16.5. The Hall–Kier alpha value is -4.92. The van der Waals surface area contributed by atoms with Crippen LogP contribution < -0.4 is 20.7 Å². The second-order valence-corrected chi connectivity index (χ2v) is 11.3. The molecule has 3 heterocycles. The van der Waals surface area contributed by atoms with Crippen molar-refractivity contribution in [1.29, 1.82) is 0 Å². The topological polar surface area (TPSA) is 95.1 Å². The van der Waals surface area contributed by atoms with Crippen molar-refractivity contribution in [3.63, 3.8) is 0 Å². The summed E-state index contributed by atoms with van der Waals surface area (Å²) in [5.41, 5.74) is 7.88. The molecular formula is C35H36N4O5. The molecule has 9 heteroatoms. The molecule has 0 unspecified atom stereocenters. The van der Waals surface area contributed by atoms with Gasteiger partial charge >= 0.3 is 5.69 Å². The zero-order valence-electron chi connectivity index (χ0n) is 25.8. The van der Waals surface area contributed by atoms with Gasteiger partial charge in [0.05, 0.1) is 36.2 Å². The van der Waals surface area contributed by atoms with Crippen LogP contribution in [0, 0.1) is 20.8 Å². The number of hydrogen-bond acceptors (Lipinski definition) is 6. The van der Waals surface area contributed by atoms with Gasteiger partial charge in [0.25, 0.3) is 11.8 Å². The highest BCUT2D eigenvalue weighted by molar-refractivity contribution is 6.21. The van der Waals surface area contributed by atoms with Crippen LogP contribution in [0.5, 0.6) is 11.5 Å². The third-order valence-corrected chi connectivity index (χ3v) is 8.37. The average Bonchev–Trinajstić information content (AvgIpc) is 3.24. The van der Waals surface area contributed by atoms with Gasteiger partial charge in [-0.15, -0.1) is 0 Å². The Morgan fingerprint density at radius 3 is 2.16 bits per heavy atom. The standard InChI is InChI=1S/C35H36N4O5/c1-6-44-30-18-24-12-15-37-28(27(24)19-29(30)43-5)20-31(36-32-22(3)16-21(2)17-23(32)4)38(35(37)42)13-9-14-39-33(40)25-10-7-8-11-26(25)34(39)41/h7-8,10-11,16-20H,6,9,12-15H2,1-5H3/b36-31+. The van der Waals surface area contributed by atoms with Gasteiger partial charge < -0.3 is 9.47 Å². The molecule has 0 saturated carbocycles.